The molecule has 0 atom stereocenters. The summed E-state index contributed by atoms with van der Waals surface area (Å²) in [5.74, 6) is 1.25. The molecule has 158 valence electrons. The molecule has 0 unspecified atom stereocenters. The number of hydrogen-bond acceptors (Lipinski definition) is 8. The number of anilines is 1. The fraction of sp³-hybridized carbons (Fsp3) is 0.227. The van der Waals surface area contributed by atoms with Crippen LogP contribution < -0.4 is 9.64 Å². The number of piperazine rings is 1. The van der Waals surface area contributed by atoms with Crippen LogP contribution >= 0.6 is 0 Å². The van der Waals surface area contributed by atoms with Gasteiger partial charge in [-0.3, -0.25) is 19.6 Å². The molecule has 0 saturated carbocycles. The molecule has 31 heavy (non-hydrogen) atoms. The molecule has 0 bridgehead atoms. The largest absolute Gasteiger partial charge is 0.506 e. The van der Waals surface area contributed by atoms with Crippen molar-refractivity contribution in [3.05, 3.63) is 48.9 Å². The maximum absolute atomic E-state index is 11.0. The van der Waals surface area contributed by atoms with Gasteiger partial charge in [-0.2, -0.15) is 0 Å². The van der Waals surface area contributed by atoms with Crippen LogP contribution in [0.15, 0.2) is 48.9 Å². The Kier molecular flexibility index (Phi) is 6.02. The zero-order chi connectivity index (χ0) is 21.6. The van der Waals surface area contributed by atoms with Crippen molar-refractivity contribution in [2.75, 3.05) is 37.7 Å². The molecule has 1 aromatic carbocycles. The Morgan fingerprint density at radius 2 is 1.77 bits per heavy atom. The third kappa shape index (κ3) is 4.45. The molecule has 3 aromatic rings. The summed E-state index contributed by atoms with van der Waals surface area (Å²) in [6.45, 7) is 2.52. The van der Waals surface area contributed by atoms with Gasteiger partial charge in [-0.15, -0.1) is 0 Å². The first-order chi connectivity index (χ1) is 15.2. The van der Waals surface area contributed by atoms with Crippen molar-refractivity contribution in [1.82, 2.24) is 19.9 Å². The van der Waals surface area contributed by atoms with Crippen LogP contribution in [0.2, 0.25) is 0 Å². The normalized spacial score (nSPS) is 13.7. The van der Waals surface area contributed by atoms with Crippen molar-refractivity contribution >= 4 is 18.5 Å². The Morgan fingerprint density at radius 1 is 1.00 bits per heavy atom. The number of hydrogen-bond donors (Lipinski definition) is 1. The molecule has 1 saturated heterocycles. The van der Waals surface area contributed by atoms with Crippen LogP contribution in [0.1, 0.15) is 0 Å². The standard InChI is InChI=1S/C22H21N5O4/c28-11-12-31-17-3-1-16(2-4-17)21-22(18-5-6-23-13-19(18)30)25-20(14-24-21)27-9-7-26(15-29)8-10-27/h1-6,11,13-15,30H,7-10,12H2. The minimum Gasteiger partial charge on any atom is -0.506 e. The van der Waals surface area contributed by atoms with Gasteiger partial charge in [-0.25, -0.2) is 4.98 Å². The lowest BCUT2D eigenvalue weighted by Crippen LogP contribution is -2.46. The van der Waals surface area contributed by atoms with Crippen LogP contribution in [0.3, 0.4) is 0 Å². The quantitative estimate of drug-likeness (QED) is 0.577. The Morgan fingerprint density at radius 3 is 2.45 bits per heavy atom. The lowest BCUT2D eigenvalue weighted by molar-refractivity contribution is -0.118. The molecular formula is C22H21N5O4. The van der Waals surface area contributed by atoms with Crippen molar-refractivity contribution in [2.45, 2.75) is 0 Å². The van der Waals surface area contributed by atoms with Gasteiger partial charge in [0.05, 0.1) is 18.1 Å². The van der Waals surface area contributed by atoms with Gasteiger partial charge in [-0.05, 0) is 30.3 Å². The van der Waals surface area contributed by atoms with E-state index >= 15 is 0 Å². The molecule has 3 heterocycles. The number of aromatic hydroxyl groups is 1. The van der Waals surface area contributed by atoms with Crippen molar-refractivity contribution in [2.24, 2.45) is 0 Å². The maximum Gasteiger partial charge on any atom is 0.209 e. The van der Waals surface area contributed by atoms with Crippen LogP contribution in [0.25, 0.3) is 22.5 Å². The van der Waals surface area contributed by atoms with E-state index in [0.717, 1.165) is 12.0 Å². The first kappa shape index (κ1) is 20.3. The number of rotatable bonds is 7. The van der Waals surface area contributed by atoms with E-state index in [2.05, 4.69) is 14.9 Å². The SMILES string of the molecule is O=CCOc1ccc(-c2ncc(N3CCN(C=O)CC3)nc2-c2ccncc2O)cc1. The summed E-state index contributed by atoms with van der Waals surface area (Å²) >= 11 is 0. The molecule has 4 rings (SSSR count). The Bertz CT molecular complexity index is 1070. The molecule has 0 spiro atoms. The minimum absolute atomic E-state index is 0.00640. The van der Waals surface area contributed by atoms with Gasteiger partial charge in [0.1, 0.15) is 29.6 Å². The number of aldehydes is 1. The average molecular weight is 419 g/mol. The van der Waals surface area contributed by atoms with Crippen molar-refractivity contribution in [3.8, 4) is 34.0 Å². The number of amides is 1. The van der Waals surface area contributed by atoms with Crippen LogP contribution in [0.4, 0.5) is 5.82 Å². The van der Waals surface area contributed by atoms with E-state index in [-0.39, 0.29) is 12.4 Å². The maximum atomic E-state index is 11.0. The zero-order valence-corrected chi connectivity index (χ0v) is 16.7. The molecule has 1 aliphatic heterocycles. The topological polar surface area (TPSA) is 109 Å². The molecule has 0 aliphatic carbocycles. The minimum atomic E-state index is -0.0125. The fourth-order valence-corrected chi connectivity index (χ4v) is 3.41. The number of ether oxygens (including phenoxy) is 1. The Hall–Kier alpha value is -4.01. The number of carbonyl (C=O) groups excluding carboxylic acids is 2. The molecule has 2 aromatic heterocycles. The van der Waals surface area contributed by atoms with E-state index < -0.39 is 0 Å². The molecule has 1 fully saturated rings. The molecule has 1 N–H and O–H groups in total. The summed E-state index contributed by atoms with van der Waals surface area (Å²) in [4.78, 5) is 38.7. The molecule has 1 amide bonds. The van der Waals surface area contributed by atoms with Gasteiger partial charge in [0, 0.05) is 43.5 Å². The summed E-state index contributed by atoms with van der Waals surface area (Å²) < 4.78 is 5.31. The van der Waals surface area contributed by atoms with E-state index in [4.69, 9.17) is 9.72 Å². The average Bonchev–Trinajstić information content (AvgIpc) is 2.83. The van der Waals surface area contributed by atoms with Crippen molar-refractivity contribution < 1.29 is 19.4 Å². The summed E-state index contributed by atoms with van der Waals surface area (Å²) in [7, 11) is 0. The van der Waals surface area contributed by atoms with Crippen molar-refractivity contribution in [1.29, 1.82) is 0 Å². The first-order valence-electron chi connectivity index (χ1n) is 9.81. The van der Waals surface area contributed by atoms with E-state index in [9.17, 15) is 14.7 Å². The summed E-state index contributed by atoms with van der Waals surface area (Å²) in [6.07, 6.45) is 6.20. The van der Waals surface area contributed by atoms with Crippen molar-refractivity contribution in [3.63, 3.8) is 0 Å². The smallest absolute Gasteiger partial charge is 0.209 e. The highest BCUT2D eigenvalue weighted by Gasteiger charge is 2.21. The highest BCUT2D eigenvalue weighted by Crippen LogP contribution is 2.35. The molecule has 9 nitrogen and oxygen atoms in total. The third-order valence-corrected chi connectivity index (χ3v) is 5.05. The van der Waals surface area contributed by atoms with Gasteiger partial charge in [0.15, 0.2) is 6.29 Å². The number of nitrogens with zero attached hydrogens (tertiary/aromatic N) is 5. The second kappa shape index (κ2) is 9.21. The summed E-state index contributed by atoms with van der Waals surface area (Å²) in [6, 6.07) is 8.86. The summed E-state index contributed by atoms with van der Waals surface area (Å²) in [5, 5.41) is 10.4. The Balaban J connectivity index is 1.72. The number of pyridine rings is 1. The predicted molar refractivity (Wildman–Crippen MR) is 114 cm³/mol. The van der Waals surface area contributed by atoms with E-state index in [1.165, 1.54) is 6.20 Å². The van der Waals surface area contributed by atoms with Gasteiger partial charge >= 0.3 is 0 Å². The predicted octanol–water partition coefficient (Wildman–Crippen LogP) is 1.77. The molecule has 1 aliphatic rings. The lowest BCUT2D eigenvalue weighted by atomic mass is 10.0. The number of carbonyl (C=O) groups is 2. The summed E-state index contributed by atoms with van der Waals surface area (Å²) in [5.41, 5.74) is 2.43. The van der Waals surface area contributed by atoms with Crippen LogP contribution in [-0.2, 0) is 9.59 Å². The monoisotopic (exact) mass is 419 g/mol. The van der Waals surface area contributed by atoms with E-state index in [0.29, 0.717) is 61.0 Å². The molecule has 0 radical (unpaired) electrons. The van der Waals surface area contributed by atoms with Crippen LogP contribution in [0, 0.1) is 0 Å². The van der Waals surface area contributed by atoms with Gasteiger partial charge in [0.25, 0.3) is 0 Å². The number of benzene rings is 1. The zero-order valence-electron chi connectivity index (χ0n) is 16.7. The van der Waals surface area contributed by atoms with E-state index in [1.54, 1.807) is 35.5 Å². The van der Waals surface area contributed by atoms with Crippen LogP contribution in [-0.4, -0.2) is 70.4 Å². The van der Waals surface area contributed by atoms with Gasteiger partial charge in [0.2, 0.25) is 6.41 Å². The van der Waals surface area contributed by atoms with E-state index in [1.807, 2.05) is 12.1 Å². The number of aromatic nitrogens is 3. The second-order valence-corrected chi connectivity index (χ2v) is 6.95. The third-order valence-electron chi connectivity index (χ3n) is 5.05. The fourth-order valence-electron chi connectivity index (χ4n) is 3.41. The highest BCUT2D eigenvalue weighted by atomic mass is 16.5. The van der Waals surface area contributed by atoms with Crippen LogP contribution in [0.5, 0.6) is 11.5 Å². The second-order valence-electron chi connectivity index (χ2n) is 6.95. The van der Waals surface area contributed by atoms with Gasteiger partial charge < -0.3 is 19.6 Å². The van der Waals surface area contributed by atoms with Gasteiger partial charge in [-0.1, -0.05) is 0 Å². The lowest BCUT2D eigenvalue weighted by Gasteiger charge is -2.33. The highest BCUT2D eigenvalue weighted by molar-refractivity contribution is 5.81. The molecule has 9 heteroatoms. The molecular weight excluding hydrogens is 398 g/mol. The first-order valence-corrected chi connectivity index (χ1v) is 9.81. The Labute approximate surface area is 179 Å².